The number of thiophene rings is 1. The highest BCUT2D eigenvalue weighted by atomic mass is 79.9. The Balaban J connectivity index is 2.03. The fourth-order valence-electron chi connectivity index (χ4n) is 1.78. The summed E-state index contributed by atoms with van der Waals surface area (Å²) in [6, 6.07) is 7.65. The Labute approximate surface area is 135 Å². The number of sulfonamides is 1. The molecule has 3 N–H and O–H groups in total. The van der Waals surface area contributed by atoms with Crippen LogP contribution < -0.4 is 10.5 Å². The Morgan fingerprint density at radius 1 is 1.33 bits per heavy atom. The Morgan fingerprint density at radius 3 is 2.71 bits per heavy atom. The van der Waals surface area contributed by atoms with Crippen molar-refractivity contribution in [3.63, 3.8) is 0 Å². The third-order valence-electron chi connectivity index (χ3n) is 2.79. The second-order valence-corrected chi connectivity index (χ2v) is 8.52. The number of nitrogens with two attached hydrogens (primary N) is 1. The SMILES string of the molecule is NCc1cc(S(=O)(=O)NCCc2cccc(F)c2)c(Br)s1. The molecule has 0 bridgehead atoms. The van der Waals surface area contributed by atoms with Crippen molar-refractivity contribution in [1.29, 1.82) is 0 Å². The largest absolute Gasteiger partial charge is 0.326 e. The fraction of sp³-hybridized carbons (Fsp3) is 0.231. The molecule has 0 amide bonds. The molecule has 0 saturated carbocycles. The molecule has 0 aliphatic rings. The zero-order valence-electron chi connectivity index (χ0n) is 11.0. The van der Waals surface area contributed by atoms with Gasteiger partial charge in [-0.1, -0.05) is 12.1 Å². The lowest BCUT2D eigenvalue weighted by Gasteiger charge is -2.06. The van der Waals surface area contributed by atoms with E-state index in [9.17, 15) is 12.8 Å². The topological polar surface area (TPSA) is 72.2 Å². The molecule has 1 aromatic carbocycles. The van der Waals surface area contributed by atoms with Gasteiger partial charge in [0, 0.05) is 18.0 Å². The summed E-state index contributed by atoms with van der Waals surface area (Å²) in [6.07, 6.45) is 0.419. The summed E-state index contributed by atoms with van der Waals surface area (Å²) >= 11 is 4.53. The molecule has 2 rings (SSSR count). The molecular weight excluding hydrogens is 379 g/mol. The van der Waals surface area contributed by atoms with Crippen LogP contribution >= 0.6 is 27.3 Å². The van der Waals surface area contributed by atoms with Crippen LogP contribution in [0, 0.1) is 5.82 Å². The molecule has 0 spiro atoms. The van der Waals surface area contributed by atoms with Gasteiger partial charge in [-0.3, -0.25) is 0 Å². The molecule has 4 nitrogen and oxygen atoms in total. The van der Waals surface area contributed by atoms with Crippen LogP contribution in [-0.4, -0.2) is 15.0 Å². The van der Waals surface area contributed by atoms with Crippen molar-refractivity contribution in [2.24, 2.45) is 5.73 Å². The Morgan fingerprint density at radius 2 is 2.10 bits per heavy atom. The number of halogens is 2. The van der Waals surface area contributed by atoms with Gasteiger partial charge in [-0.05, 0) is 46.1 Å². The average molecular weight is 393 g/mol. The Bertz CT molecular complexity index is 732. The number of nitrogens with one attached hydrogen (secondary N) is 1. The van der Waals surface area contributed by atoms with Gasteiger partial charge in [0.1, 0.15) is 10.7 Å². The monoisotopic (exact) mass is 392 g/mol. The third kappa shape index (κ3) is 4.33. The minimum atomic E-state index is -3.60. The average Bonchev–Trinajstić information content (AvgIpc) is 2.81. The van der Waals surface area contributed by atoms with Crippen LogP contribution in [0.25, 0.3) is 0 Å². The van der Waals surface area contributed by atoms with E-state index in [-0.39, 0.29) is 17.3 Å². The fourth-order valence-corrected chi connectivity index (χ4v) is 5.37. The van der Waals surface area contributed by atoms with Gasteiger partial charge >= 0.3 is 0 Å². The molecule has 0 radical (unpaired) electrons. The van der Waals surface area contributed by atoms with Crippen molar-refractivity contribution in [3.05, 3.63) is 50.4 Å². The first-order valence-electron chi connectivity index (χ1n) is 6.15. The Hall–Kier alpha value is -0.800. The van der Waals surface area contributed by atoms with Crippen molar-refractivity contribution in [2.75, 3.05) is 6.54 Å². The van der Waals surface area contributed by atoms with Crippen LogP contribution in [0.4, 0.5) is 4.39 Å². The summed E-state index contributed by atoms with van der Waals surface area (Å²) in [4.78, 5) is 0.972. The van der Waals surface area contributed by atoms with E-state index >= 15 is 0 Å². The summed E-state index contributed by atoms with van der Waals surface area (Å²) in [7, 11) is -3.60. The molecular formula is C13H14BrFN2O2S2. The summed E-state index contributed by atoms with van der Waals surface area (Å²) < 4.78 is 40.4. The van der Waals surface area contributed by atoms with Gasteiger partial charge in [-0.15, -0.1) is 11.3 Å². The predicted octanol–water partition coefficient (Wildman–Crippen LogP) is 2.63. The van der Waals surface area contributed by atoms with Crippen LogP contribution in [0.15, 0.2) is 39.0 Å². The highest BCUT2D eigenvalue weighted by Crippen LogP contribution is 2.31. The van der Waals surface area contributed by atoms with Gasteiger partial charge < -0.3 is 5.73 Å². The maximum absolute atomic E-state index is 13.0. The van der Waals surface area contributed by atoms with Gasteiger partial charge in [0.05, 0.1) is 3.79 Å². The maximum atomic E-state index is 13.0. The molecule has 1 aromatic heterocycles. The second kappa shape index (κ2) is 6.97. The van der Waals surface area contributed by atoms with E-state index in [2.05, 4.69) is 20.7 Å². The molecule has 21 heavy (non-hydrogen) atoms. The third-order valence-corrected chi connectivity index (χ3v) is 6.53. The van der Waals surface area contributed by atoms with Crippen molar-refractivity contribution in [2.45, 2.75) is 17.9 Å². The molecule has 1 heterocycles. The van der Waals surface area contributed by atoms with E-state index in [1.54, 1.807) is 18.2 Å². The lowest BCUT2D eigenvalue weighted by atomic mass is 10.1. The van der Waals surface area contributed by atoms with E-state index < -0.39 is 10.0 Å². The normalized spacial score (nSPS) is 11.8. The van der Waals surface area contributed by atoms with E-state index in [0.29, 0.717) is 16.8 Å². The summed E-state index contributed by atoms with van der Waals surface area (Å²) in [5.74, 6) is -0.330. The van der Waals surface area contributed by atoms with Gasteiger partial charge in [-0.2, -0.15) is 0 Å². The van der Waals surface area contributed by atoms with Crippen LogP contribution in [0.5, 0.6) is 0 Å². The van der Waals surface area contributed by atoms with E-state index in [4.69, 9.17) is 5.73 Å². The summed E-state index contributed by atoms with van der Waals surface area (Å²) in [5, 5.41) is 0. The Kier molecular flexibility index (Phi) is 5.50. The first-order valence-corrected chi connectivity index (χ1v) is 9.24. The zero-order chi connectivity index (χ0) is 15.5. The van der Waals surface area contributed by atoms with Crippen molar-refractivity contribution in [1.82, 2.24) is 4.72 Å². The number of hydrogen-bond donors (Lipinski definition) is 2. The van der Waals surface area contributed by atoms with Gasteiger partial charge in [0.2, 0.25) is 10.0 Å². The number of rotatable bonds is 6. The molecule has 0 saturated heterocycles. The molecule has 0 fully saturated rings. The molecule has 2 aromatic rings. The second-order valence-electron chi connectivity index (χ2n) is 4.33. The van der Waals surface area contributed by atoms with Crippen molar-refractivity contribution >= 4 is 37.3 Å². The van der Waals surface area contributed by atoms with Gasteiger partial charge in [0.15, 0.2) is 0 Å². The van der Waals surface area contributed by atoms with Gasteiger partial charge in [-0.25, -0.2) is 17.5 Å². The predicted molar refractivity (Wildman–Crippen MR) is 85.2 cm³/mol. The van der Waals surface area contributed by atoms with Crippen LogP contribution in [0.2, 0.25) is 0 Å². The van der Waals surface area contributed by atoms with Crippen molar-refractivity contribution in [3.8, 4) is 0 Å². The van der Waals surface area contributed by atoms with E-state index in [1.807, 2.05) is 0 Å². The highest BCUT2D eigenvalue weighted by Gasteiger charge is 2.20. The molecule has 0 unspecified atom stereocenters. The van der Waals surface area contributed by atoms with E-state index in [1.165, 1.54) is 23.5 Å². The molecule has 114 valence electrons. The molecule has 8 heteroatoms. The minimum absolute atomic E-state index is 0.187. The van der Waals surface area contributed by atoms with Crippen molar-refractivity contribution < 1.29 is 12.8 Å². The maximum Gasteiger partial charge on any atom is 0.242 e. The highest BCUT2D eigenvalue weighted by molar-refractivity contribution is 9.11. The standard InChI is InChI=1S/C13H14BrFN2O2S2/c14-13-12(7-11(8-16)20-13)21(18,19)17-5-4-9-2-1-3-10(15)6-9/h1-3,6-7,17H,4-5,8,16H2. The first-order chi connectivity index (χ1) is 9.92. The smallest absolute Gasteiger partial charge is 0.242 e. The molecule has 0 atom stereocenters. The lowest BCUT2D eigenvalue weighted by molar-refractivity contribution is 0.581. The molecule has 0 aliphatic heterocycles. The quantitative estimate of drug-likeness (QED) is 0.793. The number of benzene rings is 1. The minimum Gasteiger partial charge on any atom is -0.326 e. The van der Waals surface area contributed by atoms with Crippen LogP contribution in [0.1, 0.15) is 10.4 Å². The van der Waals surface area contributed by atoms with Crippen LogP contribution in [-0.2, 0) is 23.0 Å². The summed E-state index contributed by atoms with van der Waals surface area (Å²) in [5.41, 5.74) is 6.24. The summed E-state index contributed by atoms with van der Waals surface area (Å²) in [6.45, 7) is 0.494. The van der Waals surface area contributed by atoms with E-state index in [0.717, 1.165) is 10.4 Å². The lowest BCUT2D eigenvalue weighted by Crippen LogP contribution is -2.26. The molecule has 0 aliphatic carbocycles. The van der Waals surface area contributed by atoms with Gasteiger partial charge in [0.25, 0.3) is 0 Å². The first kappa shape index (κ1) is 16.6. The number of hydrogen-bond acceptors (Lipinski definition) is 4. The zero-order valence-corrected chi connectivity index (χ0v) is 14.2. The van der Waals surface area contributed by atoms with Crippen LogP contribution in [0.3, 0.4) is 0 Å².